The molecule has 0 radical (unpaired) electrons. The number of benzene rings is 1. The smallest absolute Gasteiger partial charge is 0.243 e. The third-order valence-corrected chi connectivity index (χ3v) is 4.23. The predicted molar refractivity (Wildman–Crippen MR) is 82.8 cm³/mol. The van der Waals surface area contributed by atoms with Gasteiger partial charge in [-0.25, -0.2) is 0 Å². The van der Waals surface area contributed by atoms with Crippen molar-refractivity contribution in [2.75, 3.05) is 0 Å². The summed E-state index contributed by atoms with van der Waals surface area (Å²) in [6.45, 7) is 2.31. The molecular weight excluding hydrogens is 278 g/mol. The van der Waals surface area contributed by atoms with Crippen molar-refractivity contribution >= 4 is 5.91 Å². The summed E-state index contributed by atoms with van der Waals surface area (Å²) in [5.74, 6) is 1.04. The summed E-state index contributed by atoms with van der Waals surface area (Å²) in [6.07, 6.45) is 4.70. The maximum Gasteiger partial charge on any atom is 0.243 e. The van der Waals surface area contributed by atoms with E-state index in [9.17, 15) is 4.79 Å². The molecule has 1 amide bonds. The van der Waals surface area contributed by atoms with Crippen molar-refractivity contribution in [1.82, 2.24) is 25.5 Å². The van der Waals surface area contributed by atoms with Gasteiger partial charge in [0.25, 0.3) is 0 Å². The maximum atomic E-state index is 12.1. The van der Waals surface area contributed by atoms with E-state index in [4.69, 9.17) is 0 Å². The average molecular weight is 299 g/mol. The molecule has 1 aliphatic rings. The number of amides is 1. The van der Waals surface area contributed by atoms with Gasteiger partial charge in [-0.15, -0.1) is 10.2 Å². The Morgan fingerprint density at radius 2 is 2.05 bits per heavy atom. The number of nitrogens with one attached hydrogen (secondary N) is 1. The van der Waals surface area contributed by atoms with E-state index >= 15 is 0 Å². The van der Waals surface area contributed by atoms with E-state index in [-0.39, 0.29) is 18.5 Å². The molecular formula is C16H21N5O. The van der Waals surface area contributed by atoms with Gasteiger partial charge in [0.05, 0.1) is 0 Å². The predicted octanol–water partition coefficient (Wildman–Crippen LogP) is 2.04. The van der Waals surface area contributed by atoms with Gasteiger partial charge in [-0.1, -0.05) is 50.1 Å². The Kier molecular flexibility index (Phi) is 4.46. The summed E-state index contributed by atoms with van der Waals surface area (Å²) in [6, 6.07) is 9.90. The SMILES string of the molecule is C[C@H]1CCCC[C@H]1NC(=O)Cn1nnc(-c2ccccc2)n1. The van der Waals surface area contributed by atoms with Crippen molar-refractivity contribution in [3.63, 3.8) is 0 Å². The van der Waals surface area contributed by atoms with Gasteiger partial charge in [-0.2, -0.15) is 4.80 Å². The minimum absolute atomic E-state index is 0.0456. The molecule has 1 fully saturated rings. The van der Waals surface area contributed by atoms with Crippen LogP contribution in [-0.2, 0) is 11.3 Å². The Bertz CT molecular complexity index is 624. The maximum absolute atomic E-state index is 12.1. The van der Waals surface area contributed by atoms with Gasteiger partial charge in [0.2, 0.25) is 11.7 Å². The molecule has 22 heavy (non-hydrogen) atoms. The van der Waals surface area contributed by atoms with E-state index in [2.05, 4.69) is 27.7 Å². The Morgan fingerprint density at radius 3 is 2.82 bits per heavy atom. The molecule has 6 nitrogen and oxygen atoms in total. The number of nitrogens with zero attached hydrogens (tertiary/aromatic N) is 4. The van der Waals surface area contributed by atoms with Crippen LogP contribution in [0.5, 0.6) is 0 Å². The number of rotatable bonds is 4. The lowest BCUT2D eigenvalue weighted by molar-refractivity contribution is -0.123. The summed E-state index contributed by atoms with van der Waals surface area (Å²) in [5.41, 5.74) is 0.898. The minimum atomic E-state index is -0.0456. The van der Waals surface area contributed by atoms with Gasteiger partial charge in [0, 0.05) is 11.6 Å². The van der Waals surface area contributed by atoms with Crippen LogP contribution in [0.25, 0.3) is 11.4 Å². The Hall–Kier alpha value is -2.24. The second-order valence-corrected chi connectivity index (χ2v) is 5.95. The number of carbonyl (C=O) groups excluding carboxylic acids is 1. The second kappa shape index (κ2) is 6.68. The van der Waals surface area contributed by atoms with E-state index < -0.39 is 0 Å². The lowest BCUT2D eigenvalue weighted by atomic mass is 9.86. The first-order valence-corrected chi connectivity index (χ1v) is 7.85. The van der Waals surface area contributed by atoms with E-state index in [1.165, 1.54) is 24.1 Å². The van der Waals surface area contributed by atoms with Crippen molar-refractivity contribution in [3.8, 4) is 11.4 Å². The third kappa shape index (κ3) is 3.50. The van der Waals surface area contributed by atoms with E-state index in [1.807, 2.05) is 30.3 Å². The first-order chi connectivity index (χ1) is 10.7. The highest BCUT2D eigenvalue weighted by Gasteiger charge is 2.23. The zero-order chi connectivity index (χ0) is 15.4. The van der Waals surface area contributed by atoms with Crippen molar-refractivity contribution < 1.29 is 4.79 Å². The average Bonchev–Trinajstić information content (AvgIpc) is 2.99. The first kappa shape index (κ1) is 14.7. The zero-order valence-electron chi connectivity index (χ0n) is 12.8. The van der Waals surface area contributed by atoms with Crippen LogP contribution < -0.4 is 5.32 Å². The van der Waals surface area contributed by atoms with Crippen LogP contribution in [0.1, 0.15) is 32.6 Å². The van der Waals surface area contributed by atoms with Crippen LogP contribution in [0.2, 0.25) is 0 Å². The molecule has 1 aliphatic carbocycles. The van der Waals surface area contributed by atoms with Crippen molar-refractivity contribution in [3.05, 3.63) is 30.3 Å². The first-order valence-electron chi connectivity index (χ1n) is 7.85. The number of tetrazole rings is 1. The molecule has 1 saturated carbocycles. The molecule has 1 aromatic carbocycles. The summed E-state index contributed by atoms with van der Waals surface area (Å²) in [5, 5.41) is 15.3. The van der Waals surface area contributed by atoms with Gasteiger partial charge >= 0.3 is 0 Å². The van der Waals surface area contributed by atoms with Crippen molar-refractivity contribution in [2.45, 2.75) is 45.2 Å². The van der Waals surface area contributed by atoms with Crippen molar-refractivity contribution in [1.29, 1.82) is 0 Å². The fourth-order valence-corrected chi connectivity index (χ4v) is 2.92. The molecule has 0 aliphatic heterocycles. The molecule has 1 aromatic heterocycles. The van der Waals surface area contributed by atoms with Crippen LogP contribution in [-0.4, -0.2) is 32.2 Å². The van der Waals surface area contributed by atoms with Crippen LogP contribution >= 0.6 is 0 Å². The third-order valence-electron chi connectivity index (χ3n) is 4.23. The molecule has 0 bridgehead atoms. The van der Waals surface area contributed by atoms with Gasteiger partial charge in [0.15, 0.2) is 0 Å². The van der Waals surface area contributed by atoms with Gasteiger partial charge < -0.3 is 5.32 Å². The van der Waals surface area contributed by atoms with Gasteiger partial charge in [-0.3, -0.25) is 4.79 Å². The van der Waals surface area contributed by atoms with E-state index in [0.29, 0.717) is 11.7 Å². The van der Waals surface area contributed by atoms with Gasteiger partial charge in [-0.05, 0) is 24.0 Å². The molecule has 2 aromatic rings. The molecule has 0 spiro atoms. The Labute approximate surface area is 129 Å². The van der Waals surface area contributed by atoms with Crippen molar-refractivity contribution in [2.24, 2.45) is 5.92 Å². The number of aromatic nitrogens is 4. The highest BCUT2D eigenvalue weighted by Crippen LogP contribution is 2.23. The second-order valence-electron chi connectivity index (χ2n) is 5.95. The molecule has 1 N–H and O–H groups in total. The minimum Gasteiger partial charge on any atom is -0.351 e. The quantitative estimate of drug-likeness (QED) is 0.937. The van der Waals surface area contributed by atoms with Crippen LogP contribution in [0.15, 0.2) is 30.3 Å². The number of hydrogen-bond acceptors (Lipinski definition) is 4. The lowest BCUT2D eigenvalue weighted by Gasteiger charge is -2.29. The van der Waals surface area contributed by atoms with Crippen LogP contribution in [0.3, 0.4) is 0 Å². The molecule has 0 unspecified atom stereocenters. The summed E-state index contributed by atoms with van der Waals surface area (Å²) < 4.78 is 0. The highest BCUT2D eigenvalue weighted by atomic mass is 16.2. The molecule has 116 valence electrons. The highest BCUT2D eigenvalue weighted by molar-refractivity contribution is 5.75. The molecule has 0 saturated heterocycles. The van der Waals surface area contributed by atoms with Crippen LogP contribution in [0.4, 0.5) is 0 Å². The topological polar surface area (TPSA) is 72.7 Å². The zero-order valence-corrected chi connectivity index (χ0v) is 12.8. The largest absolute Gasteiger partial charge is 0.351 e. The number of carbonyl (C=O) groups is 1. The van der Waals surface area contributed by atoms with Crippen LogP contribution in [0, 0.1) is 5.92 Å². The molecule has 3 rings (SSSR count). The summed E-state index contributed by atoms with van der Waals surface area (Å²) in [4.78, 5) is 13.5. The number of hydrogen-bond donors (Lipinski definition) is 1. The molecule has 1 heterocycles. The monoisotopic (exact) mass is 299 g/mol. The Balaban J connectivity index is 1.59. The fraction of sp³-hybridized carbons (Fsp3) is 0.500. The van der Waals surface area contributed by atoms with E-state index in [0.717, 1.165) is 12.0 Å². The molecule has 2 atom stereocenters. The Morgan fingerprint density at radius 1 is 1.27 bits per heavy atom. The standard InChI is InChI=1S/C16H21N5O/c1-12-7-5-6-10-14(12)17-15(22)11-21-19-16(18-20-21)13-8-3-2-4-9-13/h2-4,8-9,12,14H,5-7,10-11H2,1H3,(H,17,22)/t12-,14+/m0/s1. The molecule has 6 heteroatoms. The fourth-order valence-electron chi connectivity index (χ4n) is 2.92. The van der Waals surface area contributed by atoms with Gasteiger partial charge in [0.1, 0.15) is 6.54 Å². The normalized spacial score (nSPS) is 21.5. The van der Waals surface area contributed by atoms with E-state index in [1.54, 1.807) is 0 Å². The summed E-state index contributed by atoms with van der Waals surface area (Å²) >= 11 is 0. The lowest BCUT2D eigenvalue weighted by Crippen LogP contribution is -2.42. The summed E-state index contributed by atoms with van der Waals surface area (Å²) in [7, 11) is 0.